The van der Waals surface area contributed by atoms with Crippen LogP contribution in [-0.2, 0) is 4.79 Å². The van der Waals surface area contributed by atoms with Crippen LogP contribution >= 0.6 is 0 Å². The summed E-state index contributed by atoms with van der Waals surface area (Å²) in [5.41, 5.74) is 0.337. The minimum atomic E-state index is 0.188. The van der Waals surface area contributed by atoms with Gasteiger partial charge in [0, 0.05) is 12.1 Å². The van der Waals surface area contributed by atoms with Crippen molar-refractivity contribution in [3.05, 3.63) is 0 Å². The number of hydrogen-bond donors (Lipinski definition) is 2. The Morgan fingerprint density at radius 1 is 1.05 bits per heavy atom. The molecule has 3 heteroatoms. The summed E-state index contributed by atoms with van der Waals surface area (Å²) in [7, 11) is 0. The fraction of sp³-hybridized carbons (Fsp3) is 0.938. The molecule has 0 aromatic carbocycles. The Morgan fingerprint density at radius 2 is 1.74 bits per heavy atom. The second-order valence-electron chi connectivity index (χ2n) is 7.07. The zero-order valence-electron chi connectivity index (χ0n) is 12.6. The number of carbonyl (C=O) groups excluding carboxylic acids is 1. The second kappa shape index (κ2) is 6.74. The van der Waals surface area contributed by atoms with Crippen molar-refractivity contribution < 1.29 is 4.79 Å². The van der Waals surface area contributed by atoms with Gasteiger partial charge in [-0.25, -0.2) is 0 Å². The van der Waals surface area contributed by atoms with Crippen molar-refractivity contribution in [3.8, 4) is 0 Å². The summed E-state index contributed by atoms with van der Waals surface area (Å²) < 4.78 is 0. The van der Waals surface area contributed by atoms with E-state index in [0.29, 0.717) is 24.0 Å². The van der Waals surface area contributed by atoms with Crippen LogP contribution in [-0.4, -0.2) is 24.5 Å². The molecule has 0 saturated heterocycles. The van der Waals surface area contributed by atoms with Crippen LogP contribution in [0.25, 0.3) is 0 Å². The van der Waals surface area contributed by atoms with Crippen LogP contribution in [0.15, 0.2) is 0 Å². The van der Waals surface area contributed by atoms with Crippen LogP contribution in [0.4, 0.5) is 0 Å². The van der Waals surface area contributed by atoms with Gasteiger partial charge in [0.25, 0.3) is 0 Å². The fourth-order valence-electron chi connectivity index (χ4n) is 3.61. The van der Waals surface area contributed by atoms with Crippen LogP contribution in [0, 0.1) is 5.41 Å². The van der Waals surface area contributed by atoms with Gasteiger partial charge in [0.15, 0.2) is 0 Å². The Hall–Kier alpha value is -0.570. The number of amides is 1. The van der Waals surface area contributed by atoms with Crippen molar-refractivity contribution in [1.29, 1.82) is 0 Å². The molecule has 2 N–H and O–H groups in total. The normalized spacial score (nSPS) is 28.0. The summed E-state index contributed by atoms with van der Waals surface area (Å²) in [5, 5.41) is 6.67. The maximum absolute atomic E-state index is 12.0. The molecule has 1 amide bonds. The van der Waals surface area contributed by atoms with Gasteiger partial charge in [0.2, 0.25) is 5.91 Å². The molecule has 0 bridgehead atoms. The molecule has 0 spiro atoms. The van der Waals surface area contributed by atoms with Crippen molar-refractivity contribution in [2.24, 2.45) is 5.41 Å². The van der Waals surface area contributed by atoms with Gasteiger partial charge in [0.05, 0.1) is 6.54 Å². The van der Waals surface area contributed by atoms with Crippen LogP contribution in [0.3, 0.4) is 0 Å². The van der Waals surface area contributed by atoms with Crippen molar-refractivity contribution in [1.82, 2.24) is 10.6 Å². The molecule has 0 heterocycles. The maximum atomic E-state index is 12.0. The molecule has 1 unspecified atom stereocenters. The minimum Gasteiger partial charge on any atom is -0.352 e. The lowest BCUT2D eigenvalue weighted by molar-refractivity contribution is -0.121. The maximum Gasteiger partial charge on any atom is 0.234 e. The minimum absolute atomic E-state index is 0.188. The number of hydrogen-bond acceptors (Lipinski definition) is 2. The first-order chi connectivity index (χ1) is 9.08. The molecular formula is C16H30N2O. The van der Waals surface area contributed by atoms with E-state index in [9.17, 15) is 4.79 Å². The quantitative estimate of drug-likeness (QED) is 0.821. The summed E-state index contributed by atoms with van der Waals surface area (Å²) in [6, 6.07) is 0.931. The highest BCUT2D eigenvalue weighted by molar-refractivity contribution is 5.78. The molecular weight excluding hydrogens is 236 g/mol. The molecule has 0 aromatic heterocycles. The average molecular weight is 266 g/mol. The monoisotopic (exact) mass is 266 g/mol. The molecule has 0 radical (unpaired) electrons. The van der Waals surface area contributed by atoms with E-state index in [1.54, 1.807) is 0 Å². The molecule has 3 nitrogen and oxygen atoms in total. The highest BCUT2D eigenvalue weighted by Crippen LogP contribution is 2.35. The molecule has 110 valence electrons. The Kier molecular flexibility index (Phi) is 5.26. The van der Waals surface area contributed by atoms with E-state index in [2.05, 4.69) is 24.5 Å². The van der Waals surface area contributed by atoms with Gasteiger partial charge >= 0.3 is 0 Å². The van der Waals surface area contributed by atoms with Gasteiger partial charge < -0.3 is 10.6 Å². The Labute approximate surface area is 117 Å². The van der Waals surface area contributed by atoms with Crippen LogP contribution in [0.5, 0.6) is 0 Å². The first-order valence-electron chi connectivity index (χ1n) is 8.11. The van der Waals surface area contributed by atoms with Gasteiger partial charge in [-0.15, -0.1) is 0 Å². The zero-order chi connectivity index (χ0) is 13.7. The Morgan fingerprint density at radius 3 is 2.42 bits per heavy atom. The van der Waals surface area contributed by atoms with Gasteiger partial charge in [-0.2, -0.15) is 0 Å². The first kappa shape index (κ1) is 14.8. The highest BCUT2D eigenvalue weighted by atomic mass is 16.1. The summed E-state index contributed by atoms with van der Waals surface area (Å²) in [4.78, 5) is 12.0. The molecule has 2 fully saturated rings. The summed E-state index contributed by atoms with van der Waals surface area (Å²) in [6.45, 7) is 5.14. The topological polar surface area (TPSA) is 41.1 Å². The van der Waals surface area contributed by atoms with E-state index in [0.717, 1.165) is 0 Å². The van der Waals surface area contributed by atoms with Crippen molar-refractivity contribution in [2.75, 3.05) is 6.54 Å². The average Bonchev–Trinajstić information content (AvgIpc) is 2.38. The largest absolute Gasteiger partial charge is 0.352 e. The number of nitrogens with one attached hydrogen (secondary N) is 2. The van der Waals surface area contributed by atoms with Crippen molar-refractivity contribution >= 4 is 5.91 Å². The lowest BCUT2D eigenvalue weighted by Gasteiger charge is -2.39. The molecule has 2 aliphatic carbocycles. The lowest BCUT2D eigenvalue weighted by Crippen LogP contribution is -2.49. The van der Waals surface area contributed by atoms with Gasteiger partial charge in [0.1, 0.15) is 0 Å². The third kappa shape index (κ3) is 4.48. The van der Waals surface area contributed by atoms with E-state index in [4.69, 9.17) is 0 Å². The molecule has 2 saturated carbocycles. The van der Waals surface area contributed by atoms with E-state index in [1.807, 2.05) is 0 Å². The summed E-state index contributed by atoms with van der Waals surface area (Å²) in [6.07, 6.45) is 11.3. The van der Waals surface area contributed by atoms with Crippen LogP contribution in [0.1, 0.15) is 71.6 Å². The van der Waals surface area contributed by atoms with E-state index in [1.165, 1.54) is 57.8 Å². The van der Waals surface area contributed by atoms with E-state index < -0.39 is 0 Å². The van der Waals surface area contributed by atoms with E-state index >= 15 is 0 Å². The third-order valence-corrected chi connectivity index (χ3v) is 4.99. The lowest BCUT2D eigenvalue weighted by atomic mass is 9.73. The SMILES string of the molecule is CC1(C)CCCCC1NCC(=O)NC1CCCCC1. The summed E-state index contributed by atoms with van der Waals surface area (Å²) in [5.74, 6) is 0.188. The summed E-state index contributed by atoms with van der Waals surface area (Å²) >= 11 is 0. The fourth-order valence-corrected chi connectivity index (χ4v) is 3.61. The van der Waals surface area contributed by atoms with Gasteiger partial charge in [-0.05, 0) is 31.1 Å². The van der Waals surface area contributed by atoms with E-state index in [-0.39, 0.29) is 5.91 Å². The first-order valence-corrected chi connectivity index (χ1v) is 8.11. The Bertz CT molecular complexity index is 295. The Balaban J connectivity index is 1.70. The van der Waals surface area contributed by atoms with Crippen LogP contribution in [0.2, 0.25) is 0 Å². The molecule has 2 rings (SSSR count). The van der Waals surface area contributed by atoms with Crippen LogP contribution < -0.4 is 10.6 Å². The highest BCUT2D eigenvalue weighted by Gasteiger charge is 2.32. The third-order valence-electron chi connectivity index (χ3n) is 4.99. The molecule has 19 heavy (non-hydrogen) atoms. The van der Waals surface area contributed by atoms with Gasteiger partial charge in [-0.1, -0.05) is 46.0 Å². The molecule has 1 atom stereocenters. The van der Waals surface area contributed by atoms with Crippen molar-refractivity contribution in [3.63, 3.8) is 0 Å². The predicted molar refractivity (Wildman–Crippen MR) is 79.1 cm³/mol. The standard InChI is InChI=1S/C16H30N2O/c1-16(2)11-7-6-10-14(16)17-12-15(19)18-13-8-4-3-5-9-13/h13-14,17H,3-12H2,1-2H3,(H,18,19). The zero-order valence-corrected chi connectivity index (χ0v) is 12.6. The smallest absolute Gasteiger partial charge is 0.234 e. The molecule has 2 aliphatic rings. The van der Waals surface area contributed by atoms with Gasteiger partial charge in [-0.3, -0.25) is 4.79 Å². The second-order valence-corrected chi connectivity index (χ2v) is 7.07. The molecule has 0 aromatic rings. The number of carbonyl (C=O) groups is 1. The molecule has 0 aliphatic heterocycles. The van der Waals surface area contributed by atoms with Crippen molar-refractivity contribution in [2.45, 2.75) is 83.7 Å². The number of rotatable bonds is 4. The predicted octanol–water partition coefficient (Wildman–Crippen LogP) is 2.99.